The monoisotopic (exact) mass is 252 g/mol. The second-order valence-corrected chi connectivity index (χ2v) is 5.25. The molecule has 1 aromatic rings. The Labute approximate surface area is 107 Å². The van der Waals surface area contributed by atoms with Crippen molar-refractivity contribution in [3.8, 4) is 0 Å². The lowest BCUT2D eigenvalue weighted by Gasteiger charge is -2.23. The van der Waals surface area contributed by atoms with Crippen molar-refractivity contribution in [3.63, 3.8) is 0 Å². The van der Waals surface area contributed by atoms with Crippen LogP contribution in [0.4, 0.5) is 0 Å². The third-order valence-electron chi connectivity index (χ3n) is 3.74. The molecule has 3 rings (SSSR count). The molecular formula is C13H17ClN2O. The molecule has 0 radical (unpaired) electrons. The molecule has 0 aromatic carbocycles. The van der Waals surface area contributed by atoms with E-state index in [-0.39, 0.29) is 0 Å². The van der Waals surface area contributed by atoms with Crippen LogP contribution in [-0.2, 0) is 17.6 Å². The van der Waals surface area contributed by atoms with Gasteiger partial charge in [-0.2, -0.15) is 0 Å². The Morgan fingerprint density at radius 2 is 1.82 bits per heavy atom. The summed E-state index contributed by atoms with van der Waals surface area (Å²) in [6, 6.07) is 0. The highest BCUT2D eigenvalue weighted by Gasteiger charge is 2.22. The van der Waals surface area contributed by atoms with Gasteiger partial charge in [0, 0.05) is 30.4 Å². The van der Waals surface area contributed by atoms with Crippen LogP contribution in [0, 0.1) is 0 Å². The predicted octanol–water partition coefficient (Wildman–Crippen LogP) is 2.90. The molecule has 2 aliphatic rings. The number of aromatic nitrogens is 2. The van der Waals surface area contributed by atoms with Gasteiger partial charge in [-0.25, -0.2) is 9.97 Å². The summed E-state index contributed by atoms with van der Waals surface area (Å²) in [5, 5.41) is 0.691. The number of ether oxygens (including phenoxy) is 1. The smallest absolute Gasteiger partial charge is 0.136 e. The number of nitrogens with zero attached hydrogens (tertiary/aromatic N) is 2. The van der Waals surface area contributed by atoms with E-state index in [1.807, 2.05) is 0 Å². The van der Waals surface area contributed by atoms with Gasteiger partial charge >= 0.3 is 0 Å². The van der Waals surface area contributed by atoms with Crippen LogP contribution >= 0.6 is 11.6 Å². The van der Waals surface area contributed by atoms with Crippen molar-refractivity contribution in [2.45, 2.75) is 44.4 Å². The number of fused-ring (bicyclic) bond motifs is 1. The van der Waals surface area contributed by atoms with Crippen molar-refractivity contribution in [3.05, 3.63) is 22.2 Å². The molecule has 2 heterocycles. The SMILES string of the molecule is Clc1nc(C2CCOCC2)nc2c1CCCC2. The largest absolute Gasteiger partial charge is 0.381 e. The van der Waals surface area contributed by atoms with E-state index in [1.165, 1.54) is 24.1 Å². The quantitative estimate of drug-likeness (QED) is 0.721. The minimum atomic E-state index is 0.438. The maximum atomic E-state index is 6.28. The van der Waals surface area contributed by atoms with Crippen LogP contribution in [0.15, 0.2) is 0 Å². The zero-order chi connectivity index (χ0) is 11.7. The molecule has 0 atom stereocenters. The molecule has 1 aliphatic carbocycles. The molecule has 1 fully saturated rings. The summed E-state index contributed by atoms with van der Waals surface area (Å²) in [7, 11) is 0. The van der Waals surface area contributed by atoms with Crippen LogP contribution in [0.1, 0.15) is 48.7 Å². The van der Waals surface area contributed by atoms with Gasteiger partial charge in [-0.15, -0.1) is 0 Å². The molecule has 0 amide bonds. The summed E-state index contributed by atoms with van der Waals surface area (Å²) in [5.41, 5.74) is 2.38. The van der Waals surface area contributed by atoms with Gasteiger partial charge in [0.25, 0.3) is 0 Å². The van der Waals surface area contributed by atoms with Crippen LogP contribution < -0.4 is 0 Å². The maximum Gasteiger partial charge on any atom is 0.136 e. The summed E-state index contributed by atoms with van der Waals surface area (Å²) in [6.45, 7) is 1.64. The Morgan fingerprint density at radius 3 is 2.65 bits per heavy atom. The van der Waals surface area contributed by atoms with Crippen molar-refractivity contribution in [1.82, 2.24) is 9.97 Å². The van der Waals surface area contributed by atoms with E-state index in [0.29, 0.717) is 11.1 Å². The molecule has 0 bridgehead atoms. The molecule has 17 heavy (non-hydrogen) atoms. The average molecular weight is 253 g/mol. The molecule has 4 heteroatoms. The standard InChI is InChI=1S/C13H17ClN2O/c14-12-10-3-1-2-4-11(10)15-13(16-12)9-5-7-17-8-6-9/h9H,1-8H2. The molecule has 92 valence electrons. The van der Waals surface area contributed by atoms with Gasteiger partial charge in [0.15, 0.2) is 0 Å². The highest BCUT2D eigenvalue weighted by molar-refractivity contribution is 6.30. The van der Waals surface area contributed by atoms with E-state index >= 15 is 0 Å². The average Bonchev–Trinajstić information content (AvgIpc) is 2.40. The highest BCUT2D eigenvalue weighted by Crippen LogP contribution is 2.30. The maximum absolute atomic E-state index is 6.28. The third kappa shape index (κ3) is 2.31. The fourth-order valence-corrected chi connectivity index (χ4v) is 2.99. The van der Waals surface area contributed by atoms with Gasteiger partial charge in [-0.1, -0.05) is 11.6 Å². The number of hydrogen-bond acceptors (Lipinski definition) is 3. The van der Waals surface area contributed by atoms with Gasteiger partial charge in [0.05, 0.1) is 0 Å². The number of halogens is 1. The van der Waals surface area contributed by atoms with Crippen molar-refractivity contribution in [1.29, 1.82) is 0 Å². The van der Waals surface area contributed by atoms with Crippen LogP contribution in [0.2, 0.25) is 5.15 Å². The van der Waals surface area contributed by atoms with Crippen LogP contribution in [0.25, 0.3) is 0 Å². The lowest BCUT2D eigenvalue weighted by Crippen LogP contribution is -2.18. The van der Waals surface area contributed by atoms with Crippen LogP contribution in [-0.4, -0.2) is 23.2 Å². The Balaban J connectivity index is 1.92. The van der Waals surface area contributed by atoms with Crippen LogP contribution in [0.3, 0.4) is 0 Å². The summed E-state index contributed by atoms with van der Waals surface area (Å²) >= 11 is 6.28. The van der Waals surface area contributed by atoms with E-state index in [4.69, 9.17) is 21.3 Å². The minimum absolute atomic E-state index is 0.438. The topological polar surface area (TPSA) is 35.0 Å². The molecule has 1 saturated heterocycles. The number of rotatable bonds is 1. The molecule has 1 aromatic heterocycles. The molecule has 0 spiro atoms. The molecular weight excluding hydrogens is 236 g/mol. The van der Waals surface area contributed by atoms with Gasteiger partial charge in [-0.05, 0) is 38.5 Å². The van der Waals surface area contributed by atoms with E-state index in [1.54, 1.807) is 0 Å². The lowest BCUT2D eigenvalue weighted by molar-refractivity contribution is 0.0835. The van der Waals surface area contributed by atoms with Crippen molar-refractivity contribution >= 4 is 11.6 Å². The van der Waals surface area contributed by atoms with E-state index in [0.717, 1.165) is 44.7 Å². The third-order valence-corrected chi connectivity index (χ3v) is 4.05. The molecule has 3 nitrogen and oxygen atoms in total. The summed E-state index contributed by atoms with van der Waals surface area (Å²) in [5.74, 6) is 1.38. The number of aryl methyl sites for hydroxylation is 1. The first-order valence-corrected chi connectivity index (χ1v) is 6.85. The van der Waals surface area contributed by atoms with E-state index in [2.05, 4.69) is 4.98 Å². The lowest BCUT2D eigenvalue weighted by atomic mass is 9.95. The Hall–Kier alpha value is -0.670. The fourth-order valence-electron chi connectivity index (χ4n) is 2.70. The molecule has 0 N–H and O–H groups in total. The molecule has 0 unspecified atom stereocenters. The second-order valence-electron chi connectivity index (χ2n) is 4.89. The summed E-state index contributed by atoms with van der Waals surface area (Å²) < 4.78 is 5.38. The molecule has 1 aliphatic heterocycles. The summed E-state index contributed by atoms with van der Waals surface area (Å²) in [6.07, 6.45) is 6.60. The first-order valence-electron chi connectivity index (χ1n) is 6.47. The van der Waals surface area contributed by atoms with Crippen molar-refractivity contribution in [2.24, 2.45) is 0 Å². The fraction of sp³-hybridized carbons (Fsp3) is 0.692. The minimum Gasteiger partial charge on any atom is -0.381 e. The Morgan fingerprint density at radius 1 is 1.06 bits per heavy atom. The molecule has 0 saturated carbocycles. The zero-order valence-corrected chi connectivity index (χ0v) is 10.7. The Bertz CT molecular complexity index is 416. The van der Waals surface area contributed by atoms with Gasteiger partial charge in [0.2, 0.25) is 0 Å². The predicted molar refractivity (Wildman–Crippen MR) is 66.5 cm³/mol. The number of hydrogen-bond donors (Lipinski definition) is 0. The van der Waals surface area contributed by atoms with Crippen LogP contribution in [0.5, 0.6) is 0 Å². The highest BCUT2D eigenvalue weighted by atomic mass is 35.5. The van der Waals surface area contributed by atoms with Crippen molar-refractivity contribution < 1.29 is 4.74 Å². The van der Waals surface area contributed by atoms with E-state index < -0.39 is 0 Å². The first-order chi connectivity index (χ1) is 8.34. The van der Waals surface area contributed by atoms with E-state index in [9.17, 15) is 0 Å². The Kier molecular flexibility index (Phi) is 3.30. The van der Waals surface area contributed by atoms with Gasteiger partial charge in [-0.3, -0.25) is 0 Å². The van der Waals surface area contributed by atoms with Gasteiger partial charge < -0.3 is 4.74 Å². The second kappa shape index (κ2) is 4.91. The normalized spacial score (nSPS) is 21.2. The zero-order valence-electron chi connectivity index (χ0n) is 9.91. The van der Waals surface area contributed by atoms with Crippen molar-refractivity contribution in [2.75, 3.05) is 13.2 Å². The first kappa shape index (κ1) is 11.4. The summed E-state index contributed by atoms with van der Waals surface area (Å²) in [4.78, 5) is 9.26. The van der Waals surface area contributed by atoms with Gasteiger partial charge in [0.1, 0.15) is 11.0 Å².